The van der Waals surface area contributed by atoms with Gasteiger partial charge in [0.25, 0.3) is 11.7 Å². The van der Waals surface area contributed by atoms with Crippen LogP contribution in [0.3, 0.4) is 0 Å². The van der Waals surface area contributed by atoms with E-state index >= 15 is 0 Å². The van der Waals surface area contributed by atoms with Crippen LogP contribution in [0.25, 0.3) is 5.76 Å². The normalized spacial score (nSPS) is 16.9. The van der Waals surface area contributed by atoms with Crippen LogP contribution in [0.5, 0.6) is 17.2 Å². The third kappa shape index (κ3) is 4.42. The Hall–Kier alpha value is -4.33. The van der Waals surface area contributed by atoms with Crippen LogP contribution in [-0.2, 0) is 16.1 Å². The van der Waals surface area contributed by atoms with Gasteiger partial charge in [-0.15, -0.1) is 0 Å². The van der Waals surface area contributed by atoms with Gasteiger partial charge in [0.05, 0.1) is 39.5 Å². The lowest BCUT2D eigenvalue weighted by molar-refractivity contribution is -0.378. The molecular formula is C27H27N2O6+. The number of hydrogen-bond acceptors (Lipinski definition) is 6. The number of nitrogens with one attached hydrogen (secondary N) is 1. The summed E-state index contributed by atoms with van der Waals surface area (Å²) in [5.41, 5.74) is 2.48. The quantitative estimate of drug-likeness (QED) is 0.319. The second kappa shape index (κ2) is 9.89. The van der Waals surface area contributed by atoms with Crippen molar-refractivity contribution in [3.8, 4) is 17.2 Å². The topological polar surface area (TPSA) is 99.4 Å². The second-order valence-electron chi connectivity index (χ2n) is 8.13. The van der Waals surface area contributed by atoms with Gasteiger partial charge >= 0.3 is 0 Å². The van der Waals surface area contributed by atoms with Crippen molar-refractivity contribution in [3.63, 3.8) is 0 Å². The van der Waals surface area contributed by atoms with Gasteiger partial charge in [-0.25, -0.2) is 4.98 Å². The number of pyridine rings is 1. The Morgan fingerprint density at radius 3 is 2.37 bits per heavy atom. The first-order valence-corrected chi connectivity index (χ1v) is 11.0. The highest BCUT2D eigenvalue weighted by Crippen LogP contribution is 2.44. The standard InChI is InChI=1S/C27H26N2O6/c1-16-12-18(7-9-21(16)34-3)25(30)23-24(20-13-19(33-2)8-10-22(20)35-4)29(27(32)26(23)31)15-17-6-5-11-28-14-17/h5-14,24,30H,15H2,1-4H3/p+1. The van der Waals surface area contributed by atoms with E-state index in [0.29, 0.717) is 28.4 Å². The predicted molar refractivity (Wildman–Crippen MR) is 128 cm³/mol. The summed E-state index contributed by atoms with van der Waals surface area (Å²) >= 11 is 0. The minimum absolute atomic E-state index is 0.0222. The van der Waals surface area contributed by atoms with E-state index in [-0.39, 0.29) is 17.9 Å². The van der Waals surface area contributed by atoms with E-state index in [1.165, 1.54) is 19.1 Å². The molecule has 180 valence electrons. The first-order valence-electron chi connectivity index (χ1n) is 11.0. The number of amides is 1. The molecule has 0 radical (unpaired) electrons. The zero-order valence-electron chi connectivity index (χ0n) is 20.0. The number of rotatable bonds is 7. The number of H-pyrrole nitrogens is 1. The number of aromatic amines is 1. The molecule has 0 bridgehead atoms. The molecule has 35 heavy (non-hydrogen) atoms. The molecular weight excluding hydrogens is 448 g/mol. The van der Waals surface area contributed by atoms with E-state index in [2.05, 4.69) is 4.98 Å². The molecule has 2 aromatic carbocycles. The van der Waals surface area contributed by atoms with Crippen LogP contribution in [0.1, 0.15) is 28.3 Å². The van der Waals surface area contributed by atoms with Crippen LogP contribution in [0, 0.1) is 6.92 Å². The van der Waals surface area contributed by atoms with Gasteiger partial charge in [-0.2, -0.15) is 0 Å². The number of likely N-dealkylation sites (tertiary alicyclic amines) is 1. The summed E-state index contributed by atoms with van der Waals surface area (Å²) < 4.78 is 16.3. The SMILES string of the molecule is COc1ccc(OC)c(C2C(=C(O)c3ccc(OC)c(C)c3)C(=O)C(=O)N2Cc2ccc[nH+]c2)c1. The molecule has 1 aliphatic rings. The molecule has 3 aromatic rings. The lowest BCUT2D eigenvalue weighted by atomic mass is 9.93. The molecule has 1 fully saturated rings. The molecule has 8 heteroatoms. The van der Waals surface area contributed by atoms with Crippen molar-refractivity contribution in [2.75, 3.05) is 21.3 Å². The van der Waals surface area contributed by atoms with Crippen molar-refractivity contribution < 1.29 is 33.9 Å². The Bertz CT molecular complexity index is 1300. The summed E-state index contributed by atoms with van der Waals surface area (Å²) in [4.78, 5) is 31.1. The summed E-state index contributed by atoms with van der Waals surface area (Å²) in [5.74, 6) is -0.125. The number of carbonyl (C=O) groups is 2. The number of aliphatic hydroxyl groups is 1. The fraction of sp³-hybridized carbons (Fsp3) is 0.222. The lowest BCUT2D eigenvalue weighted by Gasteiger charge is -2.26. The number of carbonyl (C=O) groups excluding carboxylic acids is 2. The molecule has 0 aliphatic carbocycles. The van der Waals surface area contributed by atoms with Crippen LogP contribution in [0.15, 0.2) is 66.5 Å². The Balaban J connectivity index is 1.94. The third-order valence-electron chi connectivity index (χ3n) is 6.06. The number of aromatic nitrogens is 1. The molecule has 8 nitrogen and oxygen atoms in total. The van der Waals surface area contributed by atoms with Gasteiger partial charge in [-0.1, -0.05) is 0 Å². The number of aryl methyl sites for hydroxylation is 1. The zero-order valence-corrected chi connectivity index (χ0v) is 20.0. The van der Waals surface area contributed by atoms with E-state index in [1.54, 1.807) is 55.9 Å². The van der Waals surface area contributed by atoms with Gasteiger partial charge in [0.2, 0.25) is 0 Å². The summed E-state index contributed by atoms with van der Waals surface area (Å²) in [5, 5.41) is 11.4. The minimum Gasteiger partial charge on any atom is -0.507 e. The molecule has 0 saturated carbocycles. The number of ether oxygens (including phenoxy) is 3. The largest absolute Gasteiger partial charge is 0.507 e. The molecule has 2 N–H and O–H groups in total. The fourth-order valence-corrected chi connectivity index (χ4v) is 4.33. The Kier molecular flexibility index (Phi) is 6.73. The average molecular weight is 476 g/mol. The molecule has 1 amide bonds. The van der Waals surface area contributed by atoms with Crippen LogP contribution < -0.4 is 19.2 Å². The molecule has 1 saturated heterocycles. The van der Waals surface area contributed by atoms with Gasteiger partial charge in [0.1, 0.15) is 23.0 Å². The fourth-order valence-electron chi connectivity index (χ4n) is 4.33. The first-order chi connectivity index (χ1) is 16.9. The number of aliphatic hydroxyl groups excluding tert-OH is 1. The van der Waals surface area contributed by atoms with Crippen molar-refractivity contribution in [3.05, 3.63) is 88.8 Å². The van der Waals surface area contributed by atoms with E-state index < -0.39 is 17.7 Å². The van der Waals surface area contributed by atoms with Crippen molar-refractivity contribution >= 4 is 17.4 Å². The second-order valence-corrected chi connectivity index (χ2v) is 8.13. The van der Waals surface area contributed by atoms with Gasteiger partial charge in [-0.05, 0) is 55.0 Å². The number of Topliss-reactive ketones (excluding diaryl/α,β-unsaturated/α-hetero) is 1. The molecule has 0 spiro atoms. The minimum atomic E-state index is -0.900. The van der Waals surface area contributed by atoms with Crippen molar-refractivity contribution in [1.29, 1.82) is 0 Å². The predicted octanol–water partition coefficient (Wildman–Crippen LogP) is 3.46. The monoisotopic (exact) mass is 475 g/mol. The Labute approximate surface area is 203 Å². The molecule has 1 unspecified atom stereocenters. The van der Waals surface area contributed by atoms with Gasteiger partial charge < -0.3 is 24.2 Å². The molecule has 1 aromatic heterocycles. The van der Waals surface area contributed by atoms with E-state index in [0.717, 1.165) is 11.1 Å². The Morgan fingerprint density at radius 2 is 1.74 bits per heavy atom. The molecule has 1 atom stereocenters. The summed E-state index contributed by atoms with van der Waals surface area (Å²) in [7, 11) is 4.60. The lowest BCUT2D eigenvalue weighted by Crippen LogP contribution is -2.29. The number of nitrogens with zero attached hydrogens (tertiary/aromatic N) is 1. The Morgan fingerprint density at radius 1 is 1.00 bits per heavy atom. The zero-order chi connectivity index (χ0) is 25.1. The van der Waals surface area contributed by atoms with Gasteiger partial charge in [0, 0.05) is 22.8 Å². The average Bonchev–Trinajstić information content (AvgIpc) is 3.13. The maximum absolute atomic E-state index is 13.4. The van der Waals surface area contributed by atoms with Gasteiger partial charge in [-0.3, -0.25) is 9.59 Å². The molecule has 4 rings (SSSR count). The smallest absolute Gasteiger partial charge is 0.295 e. The van der Waals surface area contributed by atoms with Crippen molar-refractivity contribution in [1.82, 2.24) is 4.90 Å². The highest BCUT2D eigenvalue weighted by atomic mass is 16.5. The number of methoxy groups -OCH3 is 3. The van der Waals surface area contributed by atoms with Crippen LogP contribution >= 0.6 is 0 Å². The summed E-state index contributed by atoms with van der Waals surface area (Å²) in [6.45, 7) is 1.98. The van der Waals surface area contributed by atoms with E-state index in [4.69, 9.17) is 14.2 Å². The van der Waals surface area contributed by atoms with E-state index in [9.17, 15) is 14.7 Å². The van der Waals surface area contributed by atoms with Crippen LogP contribution in [0.4, 0.5) is 0 Å². The third-order valence-corrected chi connectivity index (χ3v) is 6.06. The van der Waals surface area contributed by atoms with Crippen LogP contribution in [0.2, 0.25) is 0 Å². The summed E-state index contributed by atoms with van der Waals surface area (Å²) in [6.07, 6.45) is 3.51. The molecule has 2 heterocycles. The summed E-state index contributed by atoms with van der Waals surface area (Å²) in [6, 6.07) is 13.0. The van der Waals surface area contributed by atoms with Crippen LogP contribution in [-0.4, -0.2) is 43.0 Å². The van der Waals surface area contributed by atoms with Crippen molar-refractivity contribution in [2.24, 2.45) is 0 Å². The van der Waals surface area contributed by atoms with Crippen molar-refractivity contribution in [2.45, 2.75) is 19.5 Å². The van der Waals surface area contributed by atoms with E-state index in [1.807, 2.05) is 19.1 Å². The maximum atomic E-state index is 13.4. The number of benzene rings is 2. The number of hydrogen-bond donors (Lipinski definition) is 1. The highest BCUT2D eigenvalue weighted by Gasteiger charge is 2.47. The number of ketones is 1. The first kappa shape index (κ1) is 23.8. The molecule has 1 aliphatic heterocycles. The van der Waals surface area contributed by atoms with Gasteiger partial charge in [0.15, 0.2) is 12.4 Å². The highest BCUT2D eigenvalue weighted by molar-refractivity contribution is 6.46. The maximum Gasteiger partial charge on any atom is 0.295 e.